The molecule has 3 aromatic carbocycles. The summed E-state index contributed by atoms with van der Waals surface area (Å²) in [5.41, 5.74) is 1.90. The van der Waals surface area contributed by atoms with E-state index in [1.807, 2.05) is 37.3 Å². The van der Waals surface area contributed by atoms with Crippen LogP contribution in [0.3, 0.4) is 0 Å². The maximum absolute atomic E-state index is 12.3. The molecule has 126 valence electrons. The summed E-state index contributed by atoms with van der Waals surface area (Å²) in [7, 11) is 0. The highest BCUT2D eigenvalue weighted by Gasteiger charge is 2.13. The highest BCUT2D eigenvalue weighted by atomic mass is 35.5. The number of benzene rings is 3. The summed E-state index contributed by atoms with van der Waals surface area (Å²) in [6, 6.07) is 18.1. The molecule has 3 aromatic rings. The van der Waals surface area contributed by atoms with Crippen LogP contribution < -0.4 is 5.32 Å². The Hall–Kier alpha value is -2.85. The number of carbonyl (C=O) groups excluding carboxylic acids is 2. The Balaban J connectivity index is 1.67. The van der Waals surface area contributed by atoms with Crippen LogP contribution in [0.1, 0.15) is 15.9 Å². The molecular weight excluding hydrogens is 338 g/mol. The second-order valence-electron chi connectivity index (χ2n) is 5.61. The van der Waals surface area contributed by atoms with E-state index in [2.05, 4.69) is 5.32 Å². The first kappa shape index (κ1) is 17.0. The largest absolute Gasteiger partial charge is 0.452 e. The minimum atomic E-state index is -0.533. The van der Waals surface area contributed by atoms with Crippen LogP contribution >= 0.6 is 11.6 Å². The molecule has 0 unspecified atom stereocenters. The second-order valence-corrected chi connectivity index (χ2v) is 6.05. The highest BCUT2D eigenvalue weighted by Crippen LogP contribution is 2.21. The zero-order valence-corrected chi connectivity index (χ0v) is 14.3. The predicted molar refractivity (Wildman–Crippen MR) is 99.0 cm³/mol. The van der Waals surface area contributed by atoms with Crippen molar-refractivity contribution in [3.05, 3.63) is 76.8 Å². The average molecular weight is 354 g/mol. The van der Waals surface area contributed by atoms with E-state index < -0.39 is 11.9 Å². The molecule has 0 radical (unpaired) electrons. The number of anilines is 1. The number of halogens is 1. The standard InChI is InChI=1S/C20H16ClNO3/c1-13-9-10-15(21)11-18(13)22-19(23)12-25-20(24)17-8-4-6-14-5-2-3-7-16(14)17/h2-11H,12H2,1H3,(H,22,23). The van der Waals surface area contributed by atoms with Crippen molar-refractivity contribution in [3.63, 3.8) is 0 Å². The van der Waals surface area contributed by atoms with Gasteiger partial charge in [0, 0.05) is 10.7 Å². The van der Waals surface area contributed by atoms with E-state index in [1.165, 1.54) is 0 Å². The molecular formula is C20H16ClNO3. The van der Waals surface area contributed by atoms with Crippen molar-refractivity contribution in [2.24, 2.45) is 0 Å². The van der Waals surface area contributed by atoms with Crippen LogP contribution in [-0.4, -0.2) is 18.5 Å². The molecule has 0 aliphatic carbocycles. The van der Waals surface area contributed by atoms with E-state index in [-0.39, 0.29) is 6.61 Å². The van der Waals surface area contributed by atoms with Gasteiger partial charge in [-0.3, -0.25) is 4.79 Å². The fourth-order valence-corrected chi connectivity index (χ4v) is 2.70. The normalized spacial score (nSPS) is 10.5. The van der Waals surface area contributed by atoms with Crippen molar-refractivity contribution in [1.29, 1.82) is 0 Å². The van der Waals surface area contributed by atoms with Crippen molar-refractivity contribution in [2.75, 3.05) is 11.9 Å². The molecule has 0 atom stereocenters. The third-order valence-corrected chi connectivity index (χ3v) is 4.05. The van der Waals surface area contributed by atoms with E-state index in [1.54, 1.807) is 30.3 Å². The number of ether oxygens (including phenoxy) is 1. The third kappa shape index (κ3) is 3.98. The summed E-state index contributed by atoms with van der Waals surface area (Å²) in [5.74, 6) is -0.950. The van der Waals surface area contributed by atoms with Gasteiger partial charge in [0.25, 0.3) is 5.91 Å². The van der Waals surface area contributed by atoms with Crippen molar-refractivity contribution in [2.45, 2.75) is 6.92 Å². The van der Waals surface area contributed by atoms with E-state index >= 15 is 0 Å². The molecule has 0 aromatic heterocycles. The van der Waals surface area contributed by atoms with Crippen LogP contribution in [0.5, 0.6) is 0 Å². The number of fused-ring (bicyclic) bond motifs is 1. The maximum Gasteiger partial charge on any atom is 0.339 e. The lowest BCUT2D eigenvalue weighted by Crippen LogP contribution is -2.21. The Bertz CT molecular complexity index is 947. The summed E-state index contributed by atoms with van der Waals surface area (Å²) >= 11 is 5.93. The molecule has 0 saturated heterocycles. The SMILES string of the molecule is Cc1ccc(Cl)cc1NC(=O)COC(=O)c1cccc2ccccc12. The van der Waals surface area contributed by atoms with Gasteiger partial charge in [0.1, 0.15) is 0 Å². The summed E-state index contributed by atoms with van der Waals surface area (Å²) in [6.45, 7) is 1.49. The van der Waals surface area contributed by atoms with Crippen LogP contribution in [0.25, 0.3) is 10.8 Å². The van der Waals surface area contributed by atoms with Crippen molar-refractivity contribution >= 4 is 39.9 Å². The van der Waals surface area contributed by atoms with Gasteiger partial charge in [-0.15, -0.1) is 0 Å². The van der Waals surface area contributed by atoms with E-state index in [9.17, 15) is 9.59 Å². The van der Waals surface area contributed by atoms with Crippen LogP contribution in [0.15, 0.2) is 60.7 Å². The second kappa shape index (κ2) is 7.36. The molecule has 0 spiro atoms. The van der Waals surface area contributed by atoms with Crippen LogP contribution in [-0.2, 0) is 9.53 Å². The molecule has 0 heterocycles. The molecule has 1 amide bonds. The van der Waals surface area contributed by atoms with Gasteiger partial charge >= 0.3 is 5.97 Å². The molecule has 4 nitrogen and oxygen atoms in total. The Labute approximate surface area is 150 Å². The van der Waals surface area contributed by atoms with Gasteiger partial charge < -0.3 is 10.1 Å². The smallest absolute Gasteiger partial charge is 0.339 e. The topological polar surface area (TPSA) is 55.4 Å². The van der Waals surface area contributed by atoms with Gasteiger partial charge in [0.2, 0.25) is 0 Å². The fraction of sp³-hybridized carbons (Fsp3) is 0.100. The number of aryl methyl sites for hydroxylation is 1. The van der Waals surface area contributed by atoms with E-state index in [0.717, 1.165) is 16.3 Å². The number of carbonyl (C=O) groups is 2. The molecule has 0 bridgehead atoms. The van der Waals surface area contributed by atoms with E-state index in [4.69, 9.17) is 16.3 Å². The lowest BCUT2D eigenvalue weighted by Gasteiger charge is -2.10. The fourth-order valence-electron chi connectivity index (χ4n) is 2.53. The highest BCUT2D eigenvalue weighted by molar-refractivity contribution is 6.31. The quantitative estimate of drug-likeness (QED) is 0.697. The lowest BCUT2D eigenvalue weighted by atomic mass is 10.1. The van der Waals surface area contributed by atoms with Gasteiger partial charge in [0.05, 0.1) is 5.56 Å². The number of rotatable bonds is 4. The molecule has 0 fully saturated rings. The van der Waals surface area contributed by atoms with Crippen LogP contribution in [0.4, 0.5) is 5.69 Å². The maximum atomic E-state index is 12.3. The molecule has 0 saturated carbocycles. The Kier molecular flexibility index (Phi) is 5.00. The number of esters is 1. The monoisotopic (exact) mass is 353 g/mol. The van der Waals surface area contributed by atoms with Gasteiger partial charge in [-0.2, -0.15) is 0 Å². The molecule has 0 aliphatic rings. The average Bonchev–Trinajstić information content (AvgIpc) is 2.62. The zero-order valence-electron chi connectivity index (χ0n) is 13.6. The number of hydrogen-bond donors (Lipinski definition) is 1. The number of amides is 1. The number of hydrogen-bond acceptors (Lipinski definition) is 3. The van der Waals surface area contributed by atoms with Gasteiger partial charge in [0.15, 0.2) is 6.61 Å². The van der Waals surface area contributed by atoms with Crippen LogP contribution in [0, 0.1) is 6.92 Å². The first-order valence-electron chi connectivity index (χ1n) is 7.75. The first-order chi connectivity index (χ1) is 12.0. The summed E-state index contributed by atoms with van der Waals surface area (Å²) in [5, 5.41) is 4.95. The summed E-state index contributed by atoms with van der Waals surface area (Å²) < 4.78 is 5.16. The Morgan fingerprint density at radius 1 is 1.04 bits per heavy atom. The van der Waals surface area contributed by atoms with Crippen molar-refractivity contribution < 1.29 is 14.3 Å². The molecule has 25 heavy (non-hydrogen) atoms. The molecule has 5 heteroatoms. The summed E-state index contributed by atoms with van der Waals surface area (Å²) in [6.07, 6.45) is 0. The van der Waals surface area contributed by atoms with Gasteiger partial charge in [-0.1, -0.05) is 54.1 Å². The van der Waals surface area contributed by atoms with Crippen molar-refractivity contribution in [1.82, 2.24) is 0 Å². The third-order valence-electron chi connectivity index (χ3n) is 3.82. The minimum absolute atomic E-state index is 0.367. The van der Waals surface area contributed by atoms with Gasteiger partial charge in [-0.05, 0) is 41.5 Å². The van der Waals surface area contributed by atoms with Crippen molar-refractivity contribution in [3.8, 4) is 0 Å². The molecule has 3 rings (SSSR count). The Morgan fingerprint density at radius 3 is 2.64 bits per heavy atom. The zero-order chi connectivity index (χ0) is 17.8. The molecule has 0 aliphatic heterocycles. The van der Waals surface area contributed by atoms with Gasteiger partial charge in [-0.25, -0.2) is 4.79 Å². The lowest BCUT2D eigenvalue weighted by molar-refractivity contribution is -0.119. The first-order valence-corrected chi connectivity index (χ1v) is 8.13. The summed E-state index contributed by atoms with van der Waals surface area (Å²) in [4.78, 5) is 24.4. The predicted octanol–water partition coefficient (Wildman–Crippen LogP) is 4.60. The minimum Gasteiger partial charge on any atom is -0.452 e. The Morgan fingerprint density at radius 2 is 1.80 bits per heavy atom. The van der Waals surface area contributed by atoms with E-state index in [0.29, 0.717) is 16.3 Å². The number of nitrogens with one attached hydrogen (secondary N) is 1. The van der Waals surface area contributed by atoms with Crippen LogP contribution in [0.2, 0.25) is 5.02 Å². The molecule has 1 N–H and O–H groups in total.